The second-order valence-corrected chi connectivity index (χ2v) is 9.10. The second-order valence-electron chi connectivity index (χ2n) is 9.10. The van der Waals surface area contributed by atoms with Gasteiger partial charge in [-0.2, -0.15) is 0 Å². The first-order valence-corrected chi connectivity index (χ1v) is 12.9. The van der Waals surface area contributed by atoms with Crippen molar-refractivity contribution in [2.45, 2.75) is 49.8 Å². The third kappa shape index (κ3) is 7.48. The van der Waals surface area contributed by atoms with Crippen LogP contribution >= 0.6 is 0 Å². The first-order chi connectivity index (χ1) is 19.4. The van der Waals surface area contributed by atoms with Crippen molar-refractivity contribution in [1.29, 1.82) is 0 Å². The molecule has 0 saturated heterocycles. The van der Waals surface area contributed by atoms with E-state index in [0.29, 0.717) is 35.5 Å². The van der Waals surface area contributed by atoms with Gasteiger partial charge >= 0.3 is 11.9 Å². The summed E-state index contributed by atoms with van der Waals surface area (Å²) in [5.74, 6) is 0.279. The molecule has 214 valence electrons. The van der Waals surface area contributed by atoms with Crippen molar-refractivity contribution in [2.24, 2.45) is 0 Å². The summed E-state index contributed by atoms with van der Waals surface area (Å²) in [6.45, 7) is 0. The van der Waals surface area contributed by atoms with Crippen LogP contribution in [0.25, 0.3) is 0 Å². The summed E-state index contributed by atoms with van der Waals surface area (Å²) >= 11 is 0. The topological polar surface area (TPSA) is 108 Å². The molecule has 10 nitrogen and oxygen atoms in total. The number of hydrogen-bond donors (Lipinski definition) is 0. The van der Waals surface area contributed by atoms with E-state index in [1.54, 1.807) is 87.1 Å². The smallest absolute Gasteiger partial charge is 0.338 e. The van der Waals surface area contributed by atoms with Crippen LogP contribution < -0.4 is 9.47 Å². The lowest BCUT2D eigenvalue weighted by molar-refractivity contribution is -0.178. The van der Waals surface area contributed by atoms with Gasteiger partial charge < -0.3 is 37.9 Å². The molecular formula is C30H34O10. The summed E-state index contributed by atoms with van der Waals surface area (Å²) in [4.78, 5) is 25.7. The molecule has 0 unspecified atom stereocenters. The Morgan fingerprint density at radius 1 is 0.600 bits per heavy atom. The number of ether oxygens (including phenoxy) is 8. The molecule has 2 aliphatic heterocycles. The first kappa shape index (κ1) is 29.3. The van der Waals surface area contributed by atoms with E-state index < -0.39 is 48.9 Å². The number of rotatable bonds is 11. The molecule has 0 bridgehead atoms. The first-order valence-electron chi connectivity index (χ1n) is 12.9. The molecule has 10 heteroatoms. The standard InChI is InChI=1S/C30H34O10/c1-33-21-9-5-19(6-10-21)29(31)39-25-15-17-27(35-3)37-23(25)13-14-24-26(16-18-28(36-4)38-24)40-30(32)20-7-11-22(34-2)12-8-20/h5-12,15-18,23-28H,13-14H2,1-4H3/t23-,24+,25-,26+,27+,28-. The zero-order valence-corrected chi connectivity index (χ0v) is 22.9. The zero-order valence-electron chi connectivity index (χ0n) is 22.9. The number of benzene rings is 2. The van der Waals surface area contributed by atoms with Crippen molar-refractivity contribution >= 4 is 11.9 Å². The van der Waals surface area contributed by atoms with Crippen molar-refractivity contribution in [1.82, 2.24) is 0 Å². The SMILES string of the molecule is COc1ccc(C(=O)O[C@H]2C=C[C@H](OC)O[C@H]2CC[C@H]2O[C@H](OC)C=C[C@H]2OC(=O)c2ccc(OC)cc2)cc1. The fraction of sp³-hybridized carbons (Fsp3) is 0.400. The normalized spacial score (nSPS) is 25.7. The maximum Gasteiger partial charge on any atom is 0.338 e. The molecule has 2 heterocycles. The minimum Gasteiger partial charge on any atom is -0.497 e. The van der Waals surface area contributed by atoms with Crippen molar-refractivity contribution in [3.05, 3.63) is 84.0 Å². The number of methoxy groups -OCH3 is 4. The van der Waals surface area contributed by atoms with Crippen LogP contribution in [-0.2, 0) is 28.4 Å². The molecule has 0 amide bonds. The van der Waals surface area contributed by atoms with Crippen molar-refractivity contribution in [2.75, 3.05) is 28.4 Å². The third-order valence-electron chi connectivity index (χ3n) is 6.60. The van der Waals surface area contributed by atoms with E-state index in [1.165, 1.54) is 14.2 Å². The average Bonchev–Trinajstić information content (AvgIpc) is 3.01. The minimum atomic E-state index is -0.668. The Morgan fingerprint density at radius 2 is 0.975 bits per heavy atom. The van der Waals surface area contributed by atoms with E-state index in [4.69, 9.17) is 37.9 Å². The molecule has 0 saturated carbocycles. The van der Waals surface area contributed by atoms with Crippen LogP contribution in [0.1, 0.15) is 33.6 Å². The minimum absolute atomic E-state index is 0.385. The number of carbonyl (C=O) groups is 2. The third-order valence-corrected chi connectivity index (χ3v) is 6.60. The molecule has 0 N–H and O–H groups in total. The Hall–Kier alpha value is -3.70. The van der Waals surface area contributed by atoms with E-state index in [0.717, 1.165) is 0 Å². The van der Waals surface area contributed by atoms with Gasteiger partial charge in [-0.1, -0.05) is 0 Å². The molecule has 2 aromatic carbocycles. The number of carbonyl (C=O) groups excluding carboxylic acids is 2. The highest BCUT2D eigenvalue weighted by Crippen LogP contribution is 2.27. The Labute approximate surface area is 233 Å². The van der Waals surface area contributed by atoms with Gasteiger partial charge in [0.05, 0.1) is 25.3 Å². The predicted octanol–water partition coefficient (Wildman–Crippen LogP) is 4.09. The van der Waals surface area contributed by atoms with Crippen molar-refractivity contribution in [3.8, 4) is 11.5 Å². The molecule has 6 atom stereocenters. The van der Waals surface area contributed by atoms with E-state index in [2.05, 4.69) is 0 Å². The van der Waals surface area contributed by atoms with Crippen LogP contribution in [0.15, 0.2) is 72.8 Å². The maximum absolute atomic E-state index is 12.8. The highest BCUT2D eigenvalue weighted by molar-refractivity contribution is 5.90. The van der Waals surface area contributed by atoms with Gasteiger partial charge in [0, 0.05) is 14.2 Å². The van der Waals surface area contributed by atoms with E-state index in [-0.39, 0.29) is 0 Å². The van der Waals surface area contributed by atoms with Gasteiger partial charge in [-0.25, -0.2) is 9.59 Å². The summed E-state index contributed by atoms with van der Waals surface area (Å²) < 4.78 is 44.7. The van der Waals surface area contributed by atoms with Gasteiger partial charge in [0.1, 0.15) is 35.9 Å². The lowest BCUT2D eigenvalue weighted by Crippen LogP contribution is -2.42. The summed E-state index contributed by atoms with van der Waals surface area (Å²) in [6, 6.07) is 13.3. The fourth-order valence-electron chi connectivity index (χ4n) is 4.37. The van der Waals surface area contributed by atoms with E-state index in [9.17, 15) is 9.59 Å². The average molecular weight is 555 g/mol. The molecule has 0 aliphatic carbocycles. The molecule has 2 aromatic rings. The quantitative estimate of drug-likeness (QED) is 0.298. The molecule has 0 fully saturated rings. The molecule has 0 radical (unpaired) electrons. The lowest BCUT2D eigenvalue weighted by Gasteiger charge is -2.35. The van der Waals surface area contributed by atoms with Crippen LogP contribution in [0.3, 0.4) is 0 Å². The second kappa shape index (κ2) is 14.1. The van der Waals surface area contributed by atoms with E-state index >= 15 is 0 Å². The zero-order chi connectivity index (χ0) is 28.5. The summed E-state index contributed by atoms with van der Waals surface area (Å²) in [6.07, 6.45) is 4.13. The Bertz CT molecular complexity index is 1080. The molecule has 2 aliphatic rings. The Morgan fingerprint density at radius 3 is 1.30 bits per heavy atom. The van der Waals surface area contributed by atoms with Crippen LogP contribution in [0.2, 0.25) is 0 Å². The highest BCUT2D eigenvalue weighted by Gasteiger charge is 2.35. The van der Waals surface area contributed by atoms with Gasteiger partial charge in [0.2, 0.25) is 0 Å². The van der Waals surface area contributed by atoms with Gasteiger partial charge in [-0.15, -0.1) is 0 Å². The molecule has 40 heavy (non-hydrogen) atoms. The monoisotopic (exact) mass is 554 g/mol. The van der Waals surface area contributed by atoms with Crippen LogP contribution in [0, 0.1) is 0 Å². The van der Waals surface area contributed by atoms with Gasteiger partial charge in [-0.3, -0.25) is 0 Å². The van der Waals surface area contributed by atoms with Crippen molar-refractivity contribution < 1.29 is 47.5 Å². The molecule has 4 rings (SSSR count). The summed E-state index contributed by atoms with van der Waals surface area (Å²) in [5, 5.41) is 0. The highest BCUT2D eigenvalue weighted by atomic mass is 16.7. The number of esters is 2. The maximum atomic E-state index is 12.8. The predicted molar refractivity (Wildman–Crippen MR) is 143 cm³/mol. The van der Waals surface area contributed by atoms with Gasteiger partial charge in [0.25, 0.3) is 0 Å². The van der Waals surface area contributed by atoms with Crippen LogP contribution in [-0.4, -0.2) is 77.4 Å². The number of hydrogen-bond acceptors (Lipinski definition) is 10. The molecule has 0 spiro atoms. The Kier molecular flexibility index (Phi) is 10.3. The lowest BCUT2D eigenvalue weighted by atomic mass is 9.99. The van der Waals surface area contributed by atoms with Crippen LogP contribution in [0.5, 0.6) is 11.5 Å². The largest absolute Gasteiger partial charge is 0.497 e. The van der Waals surface area contributed by atoms with Gasteiger partial charge in [0.15, 0.2) is 12.6 Å². The molecular weight excluding hydrogens is 520 g/mol. The summed E-state index contributed by atoms with van der Waals surface area (Å²) in [5.41, 5.74) is 0.770. The van der Waals surface area contributed by atoms with Crippen molar-refractivity contribution in [3.63, 3.8) is 0 Å². The van der Waals surface area contributed by atoms with E-state index in [1.807, 2.05) is 0 Å². The fourth-order valence-corrected chi connectivity index (χ4v) is 4.37. The summed E-state index contributed by atoms with van der Waals surface area (Å²) in [7, 11) is 6.17. The molecule has 0 aromatic heterocycles. The Balaban J connectivity index is 1.43. The van der Waals surface area contributed by atoms with Gasteiger partial charge in [-0.05, 0) is 85.7 Å². The van der Waals surface area contributed by atoms with Crippen LogP contribution in [0.4, 0.5) is 0 Å².